The second kappa shape index (κ2) is 7.74. The smallest absolute Gasteiger partial charge is 0.236 e. The summed E-state index contributed by atoms with van der Waals surface area (Å²) < 4.78 is 2.04. The Hall–Kier alpha value is -1.40. The van der Waals surface area contributed by atoms with Gasteiger partial charge in [0.05, 0.1) is 6.54 Å². The van der Waals surface area contributed by atoms with Crippen LogP contribution in [-0.4, -0.2) is 83.5 Å². The van der Waals surface area contributed by atoms with Crippen LogP contribution in [0, 0.1) is 0 Å². The lowest BCUT2D eigenvalue weighted by atomic mass is 10.2. The van der Waals surface area contributed by atoms with Crippen molar-refractivity contribution in [1.29, 1.82) is 0 Å². The van der Waals surface area contributed by atoms with E-state index >= 15 is 0 Å². The van der Waals surface area contributed by atoms with Crippen molar-refractivity contribution >= 4 is 5.91 Å². The van der Waals surface area contributed by atoms with Crippen molar-refractivity contribution < 1.29 is 4.79 Å². The van der Waals surface area contributed by atoms with Gasteiger partial charge in [-0.25, -0.2) is 4.98 Å². The number of hydrogen-bond acceptors (Lipinski definition) is 4. The summed E-state index contributed by atoms with van der Waals surface area (Å²) in [6, 6.07) is 0.585. The maximum Gasteiger partial charge on any atom is 0.236 e. The van der Waals surface area contributed by atoms with E-state index in [0.717, 1.165) is 44.7 Å². The molecule has 1 fully saturated rings. The number of aryl methyl sites for hydroxylation is 2. The molecule has 0 unspecified atom stereocenters. The van der Waals surface area contributed by atoms with Gasteiger partial charge in [0.15, 0.2) is 0 Å². The molecule has 22 heavy (non-hydrogen) atoms. The largest absolute Gasteiger partial charge is 0.345 e. The molecule has 0 N–H and O–H groups in total. The Labute approximate surface area is 133 Å². The highest BCUT2D eigenvalue weighted by Crippen LogP contribution is 2.13. The molecule has 1 aromatic heterocycles. The quantitative estimate of drug-likeness (QED) is 0.733. The van der Waals surface area contributed by atoms with E-state index in [1.165, 1.54) is 0 Å². The molecule has 6 nitrogen and oxygen atoms in total. The Kier molecular flexibility index (Phi) is 5.97. The molecule has 1 aliphatic heterocycles. The third-order valence-corrected chi connectivity index (χ3v) is 4.58. The zero-order valence-corrected chi connectivity index (χ0v) is 14.3. The molecule has 6 heteroatoms. The van der Waals surface area contributed by atoms with E-state index in [2.05, 4.69) is 28.9 Å². The van der Waals surface area contributed by atoms with E-state index in [9.17, 15) is 4.79 Å². The maximum atomic E-state index is 12.3. The summed E-state index contributed by atoms with van der Waals surface area (Å²) in [7, 11) is 8.13. The average Bonchev–Trinajstić information content (AvgIpc) is 3.08. The zero-order chi connectivity index (χ0) is 16.1. The Morgan fingerprint density at radius 3 is 2.77 bits per heavy atom. The molecule has 1 atom stereocenters. The third kappa shape index (κ3) is 4.55. The van der Waals surface area contributed by atoms with Crippen LogP contribution < -0.4 is 0 Å². The number of carbonyl (C=O) groups is 1. The summed E-state index contributed by atoms with van der Waals surface area (Å²) >= 11 is 0. The number of amides is 1. The minimum Gasteiger partial charge on any atom is -0.345 e. The van der Waals surface area contributed by atoms with Gasteiger partial charge in [0.1, 0.15) is 5.82 Å². The summed E-state index contributed by atoms with van der Waals surface area (Å²) in [6.45, 7) is 3.36. The average molecular weight is 307 g/mol. The lowest BCUT2D eigenvalue weighted by molar-refractivity contribution is -0.130. The number of likely N-dealkylation sites (tertiary alicyclic amines) is 1. The van der Waals surface area contributed by atoms with Crippen LogP contribution in [0.5, 0.6) is 0 Å². The van der Waals surface area contributed by atoms with Gasteiger partial charge in [-0.1, -0.05) is 0 Å². The molecule has 1 aliphatic rings. The Bertz CT molecular complexity index is 485. The Morgan fingerprint density at radius 1 is 1.41 bits per heavy atom. The summed E-state index contributed by atoms with van der Waals surface area (Å²) in [5.41, 5.74) is 0. The highest BCUT2D eigenvalue weighted by Gasteiger charge is 2.25. The van der Waals surface area contributed by atoms with Crippen LogP contribution in [0.3, 0.4) is 0 Å². The minimum absolute atomic E-state index is 0.222. The first-order valence-electron chi connectivity index (χ1n) is 8.06. The highest BCUT2D eigenvalue weighted by molar-refractivity contribution is 5.78. The molecule has 2 heterocycles. The predicted molar refractivity (Wildman–Crippen MR) is 87.7 cm³/mol. The third-order valence-electron chi connectivity index (χ3n) is 4.58. The molecule has 0 radical (unpaired) electrons. The maximum absolute atomic E-state index is 12.3. The van der Waals surface area contributed by atoms with Crippen LogP contribution in [0.1, 0.15) is 18.7 Å². The van der Waals surface area contributed by atoms with Gasteiger partial charge in [0.25, 0.3) is 0 Å². The van der Waals surface area contributed by atoms with Gasteiger partial charge in [-0.05, 0) is 26.9 Å². The van der Waals surface area contributed by atoms with Gasteiger partial charge in [-0.15, -0.1) is 0 Å². The molecular formula is C16H29N5O. The number of likely N-dealkylation sites (N-methyl/N-ethyl adjacent to an activating group) is 2. The first-order valence-corrected chi connectivity index (χ1v) is 8.06. The molecule has 0 aliphatic carbocycles. The van der Waals surface area contributed by atoms with E-state index < -0.39 is 0 Å². The number of carbonyl (C=O) groups excluding carboxylic acids is 1. The second-order valence-electron chi connectivity index (χ2n) is 6.51. The van der Waals surface area contributed by atoms with Crippen molar-refractivity contribution in [3.05, 3.63) is 18.2 Å². The number of imidazole rings is 1. The molecule has 1 amide bonds. The topological polar surface area (TPSA) is 44.6 Å². The molecule has 2 rings (SSSR count). The van der Waals surface area contributed by atoms with E-state index in [0.29, 0.717) is 12.6 Å². The first-order chi connectivity index (χ1) is 10.5. The minimum atomic E-state index is 0.222. The molecule has 1 aromatic rings. The van der Waals surface area contributed by atoms with Gasteiger partial charge in [-0.2, -0.15) is 0 Å². The molecule has 124 valence electrons. The monoisotopic (exact) mass is 307 g/mol. The molecule has 0 aromatic carbocycles. The van der Waals surface area contributed by atoms with Crippen molar-refractivity contribution in [2.24, 2.45) is 7.05 Å². The highest BCUT2D eigenvalue weighted by atomic mass is 16.2. The van der Waals surface area contributed by atoms with Crippen LogP contribution in [0.2, 0.25) is 0 Å². The Balaban J connectivity index is 1.68. The normalized spacial score (nSPS) is 19.0. The van der Waals surface area contributed by atoms with Gasteiger partial charge < -0.3 is 14.4 Å². The van der Waals surface area contributed by atoms with E-state index in [1.54, 1.807) is 0 Å². The van der Waals surface area contributed by atoms with Gasteiger partial charge in [0, 0.05) is 58.6 Å². The fraction of sp³-hybridized carbons (Fsp3) is 0.750. The van der Waals surface area contributed by atoms with E-state index in [1.807, 2.05) is 36.0 Å². The molecular weight excluding hydrogens is 278 g/mol. The fourth-order valence-electron chi connectivity index (χ4n) is 2.93. The molecule has 0 spiro atoms. The molecule has 0 saturated carbocycles. The van der Waals surface area contributed by atoms with Gasteiger partial charge in [-0.3, -0.25) is 9.69 Å². The number of hydrogen-bond donors (Lipinski definition) is 0. The SMILES string of the molecule is CN(CCCc1nccn1C)C(=O)CN1CC[C@H](N(C)C)C1. The number of nitrogens with zero attached hydrogens (tertiary/aromatic N) is 5. The fourth-order valence-corrected chi connectivity index (χ4v) is 2.93. The molecule has 1 saturated heterocycles. The van der Waals surface area contributed by atoms with Gasteiger partial charge in [0.2, 0.25) is 5.91 Å². The Morgan fingerprint density at radius 2 is 2.18 bits per heavy atom. The lowest BCUT2D eigenvalue weighted by Crippen LogP contribution is -2.39. The van der Waals surface area contributed by atoms with Crippen molar-refractivity contribution in [1.82, 2.24) is 24.3 Å². The van der Waals surface area contributed by atoms with Crippen LogP contribution in [0.25, 0.3) is 0 Å². The standard InChI is InChI=1S/C16H29N5O/c1-18(2)14-7-10-21(12-14)13-16(22)20(4)9-5-6-15-17-8-11-19(15)3/h8,11,14H,5-7,9-10,12-13H2,1-4H3/t14-/m0/s1. The van der Waals surface area contributed by atoms with E-state index in [-0.39, 0.29) is 5.91 Å². The summed E-state index contributed by atoms with van der Waals surface area (Å²) in [6.07, 6.45) is 6.79. The van der Waals surface area contributed by atoms with Crippen molar-refractivity contribution in [3.8, 4) is 0 Å². The summed E-state index contributed by atoms with van der Waals surface area (Å²) in [5.74, 6) is 1.30. The predicted octanol–water partition coefficient (Wildman–Crippen LogP) is 0.447. The summed E-state index contributed by atoms with van der Waals surface area (Å²) in [5, 5.41) is 0. The van der Waals surface area contributed by atoms with Crippen molar-refractivity contribution in [3.63, 3.8) is 0 Å². The van der Waals surface area contributed by atoms with Crippen molar-refractivity contribution in [2.45, 2.75) is 25.3 Å². The first kappa shape index (κ1) is 17.0. The number of rotatable bonds is 7. The lowest BCUT2D eigenvalue weighted by Gasteiger charge is -2.23. The van der Waals surface area contributed by atoms with Crippen LogP contribution in [0.15, 0.2) is 12.4 Å². The zero-order valence-electron chi connectivity index (χ0n) is 14.3. The van der Waals surface area contributed by atoms with Crippen LogP contribution in [-0.2, 0) is 18.3 Å². The number of aromatic nitrogens is 2. The van der Waals surface area contributed by atoms with E-state index in [4.69, 9.17) is 0 Å². The van der Waals surface area contributed by atoms with Crippen LogP contribution in [0.4, 0.5) is 0 Å². The summed E-state index contributed by atoms with van der Waals surface area (Å²) in [4.78, 5) is 23.0. The van der Waals surface area contributed by atoms with Crippen LogP contribution >= 0.6 is 0 Å². The van der Waals surface area contributed by atoms with Crippen molar-refractivity contribution in [2.75, 3.05) is 47.3 Å². The molecule has 0 bridgehead atoms. The van der Waals surface area contributed by atoms with Gasteiger partial charge >= 0.3 is 0 Å². The second-order valence-corrected chi connectivity index (χ2v) is 6.51.